The third-order valence-corrected chi connectivity index (χ3v) is 4.23. The average molecular weight is 280 g/mol. The summed E-state index contributed by atoms with van der Waals surface area (Å²) in [6.45, 7) is 11.3. The van der Waals surface area contributed by atoms with E-state index in [-0.39, 0.29) is 17.4 Å². The lowest BCUT2D eigenvalue weighted by Gasteiger charge is -2.41. The van der Waals surface area contributed by atoms with Crippen LogP contribution in [0.5, 0.6) is 0 Å². The van der Waals surface area contributed by atoms with E-state index < -0.39 is 0 Å². The van der Waals surface area contributed by atoms with Crippen LogP contribution in [0.4, 0.5) is 4.39 Å². The second kappa shape index (κ2) is 6.68. The summed E-state index contributed by atoms with van der Waals surface area (Å²) in [6, 6.07) is 3.66. The van der Waals surface area contributed by atoms with Gasteiger partial charge in [-0.05, 0) is 71.9 Å². The summed E-state index contributed by atoms with van der Waals surface area (Å²) >= 11 is 0. The summed E-state index contributed by atoms with van der Waals surface area (Å²) in [5.41, 5.74) is 2.62. The molecule has 114 valence electrons. The second-order valence-corrected chi connectivity index (χ2v) is 6.41. The first-order chi connectivity index (χ1) is 9.21. The third-order valence-electron chi connectivity index (χ3n) is 4.23. The predicted molar refractivity (Wildman–Crippen MR) is 84.7 cm³/mol. The Hall–Kier alpha value is -0.930. The van der Waals surface area contributed by atoms with Crippen LogP contribution in [-0.2, 0) is 0 Å². The summed E-state index contributed by atoms with van der Waals surface area (Å²) in [5.74, 6) is -0.106. The first kappa shape index (κ1) is 17.1. The summed E-state index contributed by atoms with van der Waals surface area (Å²) in [7, 11) is 4.09. The fraction of sp³-hybridized carbons (Fsp3) is 0.647. The predicted octanol–water partition coefficient (Wildman–Crippen LogP) is 3.82. The Morgan fingerprint density at radius 2 is 1.85 bits per heavy atom. The summed E-state index contributed by atoms with van der Waals surface area (Å²) in [5, 5.41) is 3.53. The van der Waals surface area contributed by atoms with Crippen molar-refractivity contribution in [3.05, 3.63) is 34.6 Å². The van der Waals surface area contributed by atoms with Gasteiger partial charge in [0.25, 0.3) is 0 Å². The molecule has 1 atom stereocenters. The molecule has 0 heterocycles. The van der Waals surface area contributed by atoms with Crippen LogP contribution >= 0.6 is 0 Å². The summed E-state index contributed by atoms with van der Waals surface area (Å²) in [6.07, 6.45) is 1.03. The number of halogens is 1. The number of hydrogen-bond acceptors (Lipinski definition) is 2. The number of rotatable bonds is 6. The first-order valence-corrected chi connectivity index (χ1v) is 7.39. The van der Waals surface area contributed by atoms with Gasteiger partial charge in [0, 0.05) is 11.1 Å². The Morgan fingerprint density at radius 3 is 2.30 bits per heavy atom. The van der Waals surface area contributed by atoms with Gasteiger partial charge in [-0.15, -0.1) is 0 Å². The normalized spacial score (nSPS) is 13.8. The van der Waals surface area contributed by atoms with Gasteiger partial charge < -0.3 is 10.2 Å². The number of hydrogen-bond donors (Lipinski definition) is 1. The second-order valence-electron chi connectivity index (χ2n) is 6.41. The highest BCUT2D eigenvalue weighted by Crippen LogP contribution is 2.33. The van der Waals surface area contributed by atoms with Crippen LogP contribution in [-0.4, -0.2) is 31.1 Å². The van der Waals surface area contributed by atoms with Gasteiger partial charge in [0.15, 0.2) is 0 Å². The van der Waals surface area contributed by atoms with Crippen molar-refractivity contribution in [2.24, 2.45) is 0 Å². The van der Waals surface area contributed by atoms with Crippen molar-refractivity contribution >= 4 is 0 Å². The number of benzene rings is 1. The van der Waals surface area contributed by atoms with Crippen LogP contribution in [0.15, 0.2) is 12.1 Å². The Bertz CT molecular complexity index is 429. The van der Waals surface area contributed by atoms with Gasteiger partial charge in [-0.3, -0.25) is 0 Å². The van der Waals surface area contributed by atoms with Crippen LogP contribution in [0, 0.1) is 19.7 Å². The minimum atomic E-state index is -0.171. The SMILES string of the molecule is CCCNC(c1c(C)cc(C)cc1F)C(C)(C)N(C)C. The van der Waals surface area contributed by atoms with Crippen LogP contribution < -0.4 is 5.32 Å². The van der Waals surface area contributed by atoms with E-state index >= 15 is 0 Å². The van der Waals surface area contributed by atoms with Gasteiger partial charge in [0.05, 0.1) is 6.04 Å². The highest BCUT2D eigenvalue weighted by molar-refractivity contribution is 5.36. The molecule has 0 saturated heterocycles. The molecule has 0 aliphatic carbocycles. The standard InChI is InChI=1S/C17H29FN2/c1-8-9-19-16(17(4,5)20(6)7)15-13(3)10-12(2)11-14(15)18/h10-11,16,19H,8-9H2,1-7H3. The molecule has 0 fully saturated rings. The molecule has 1 unspecified atom stereocenters. The average Bonchev–Trinajstić information content (AvgIpc) is 2.31. The summed E-state index contributed by atoms with van der Waals surface area (Å²) < 4.78 is 14.5. The highest BCUT2D eigenvalue weighted by Gasteiger charge is 2.35. The Kier molecular flexibility index (Phi) is 5.72. The van der Waals surface area contributed by atoms with Crippen molar-refractivity contribution in [2.45, 2.75) is 52.6 Å². The topological polar surface area (TPSA) is 15.3 Å². The fourth-order valence-corrected chi connectivity index (χ4v) is 2.54. The highest BCUT2D eigenvalue weighted by atomic mass is 19.1. The van der Waals surface area contributed by atoms with E-state index in [2.05, 4.69) is 37.1 Å². The molecule has 0 saturated carbocycles. The van der Waals surface area contributed by atoms with E-state index in [1.165, 1.54) is 0 Å². The van der Waals surface area contributed by atoms with Crippen LogP contribution in [0.1, 0.15) is 49.9 Å². The molecule has 0 aliphatic rings. The van der Waals surface area contributed by atoms with Crippen LogP contribution in [0.3, 0.4) is 0 Å². The molecule has 20 heavy (non-hydrogen) atoms. The van der Waals surface area contributed by atoms with Crippen molar-refractivity contribution in [1.29, 1.82) is 0 Å². The number of likely N-dealkylation sites (N-methyl/N-ethyl adjacent to an activating group) is 1. The molecule has 0 bridgehead atoms. The molecule has 0 aromatic heterocycles. The molecule has 0 aliphatic heterocycles. The lowest BCUT2D eigenvalue weighted by atomic mass is 9.84. The van der Waals surface area contributed by atoms with Crippen molar-refractivity contribution < 1.29 is 4.39 Å². The molecule has 1 rings (SSSR count). The van der Waals surface area contributed by atoms with Crippen molar-refractivity contribution in [2.75, 3.05) is 20.6 Å². The largest absolute Gasteiger partial charge is 0.308 e. The van der Waals surface area contributed by atoms with Crippen molar-refractivity contribution in [3.63, 3.8) is 0 Å². The molecule has 0 radical (unpaired) electrons. The fourth-order valence-electron chi connectivity index (χ4n) is 2.54. The van der Waals surface area contributed by atoms with E-state index in [0.29, 0.717) is 0 Å². The smallest absolute Gasteiger partial charge is 0.128 e. The molecule has 1 N–H and O–H groups in total. The zero-order chi connectivity index (χ0) is 15.5. The minimum Gasteiger partial charge on any atom is -0.308 e. The van der Waals surface area contributed by atoms with Gasteiger partial charge in [0.2, 0.25) is 0 Å². The van der Waals surface area contributed by atoms with Crippen molar-refractivity contribution in [3.8, 4) is 0 Å². The zero-order valence-electron chi connectivity index (χ0n) is 14.0. The minimum absolute atomic E-state index is 0.0296. The summed E-state index contributed by atoms with van der Waals surface area (Å²) in [4.78, 5) is 2.15. The third kappa shape index (κ3) is 3.58. The van der Waals surface area contributed by atoms with E-state index in [0.717, 1.165) is 29.7 Å². The Balaban J connectivity index is 3.31. The van der Waals surface area contributed by atoms with E-state index in [1.54, 1.807) is 6.07 Å². The monoisotopic (exact) mass is 280 g/mol. The molecular weight excluding hydrogens is 251 g/mol. The molecule has 1 aromatic rings. The molecular formula is C17H29FN2. The first-order valence-electron chi connectivity index (χ1n) is 7.39. The molecule has 0 spiro atoms. The maximum Gasteiger partial charge on any atom is 0.128 e. The Morgan fingerprint density at radius 1 is 1.25 bits per heavy atom. The van der Waals surface area contributed by atoms with Crippen molar-refractivity contribution in [1.82, 2.24) is 10.2 Å². The van der Waals surface area contributed by atoms with E-state index in [1.807, 2.05) is 27.9 Å². The molecule has 3 heteroatoms. The number of aryl methyl sites for hydroxylation is 2. The molecule has 1 aromatic carbocycles. The number of nitrogens with zero attached hydrogens (tertiary/aromatic N) is 1. The van der Waals surface area contributed by atoms with Gasteiger partial charge in [-0.2, -0.15) is 0 Å². The number of nitrogens with one attached hydrogen (secondary N) is 1. The van der Waals surface area contributed by atoms with Gasteiger partial charge in [-0.1, -0.05) is 13.0 Å². The van der Waals surface area contributed by atoms with Crippen LogP contribution in [0.2, 0.25) is 0 Å². The van der Waals surface area contributed by atoms with Crippen LogP contribution in [0.25, 0.3) is 0 Å². The lowest BCUT2D eigenvalue weighted by molar-refractivity contribution is 0.135. The molecule has 0 amide bonds. The maximum atomic E-state index is 14.5. The Labute approximate surface area is 123 Å². The van der Waals surface area contributed by atoms with Gasteiger partial charge >= 0.3 is 0 Å². The van der Waals surface area contributed by atoms with E-state index in [4.69, 9.17) is 0 Å². The quantitative estimate of drug-likeness (QED) is 0.852. The van der Waals surface area contributed by atoms with Gasteiger partial charge in [0.1, 0.15) is 5.82 Å². The maximum absolute atomic E-state index is 14.5. The molecule has 2 nitrogen and oxygen atoms in total. The lowest BCUT2D eigenvalue weighted by Crippen LogP contribution is -2.50. The van der Waals surface area contributed by atoms with Gasteiger partial charge in [-0.25, -0.2) is 4.39 Å². The van der Waals surface area contributed by atoms with E-state index in [9.17, 15) is 4.39 Å². The zero-order valence-corrected chi connectivity index (χ0v) is 14.0.